The molecule has 0 aliphatic rings. The summed E-state index contributed by atoms with van der Waals surface area (Å²) in [5, 5.41) is 2.78. The molecule has 2 aromatic carbocycles. The topological polar surface area (TPSA) is 58.6 Å². The number of benzene rings is 2. The monoisotopic (exact) mass is 372 g/mol. The van der Waals surface area contributed by atoms with Gasteiger partial charge in [0, 0.05) is 24.6 Å². The summed E-state index contributed by atoms with van der Waals surface area (Å²) in [5.41, 5.74) is 1.11. The van der Waals surface area contributed by atoms with E-state index in [-0.39, 0.29) is 11.1 Å². The Labute approximate surface area is 158 Å². The van der Waals surface area contributed by atoms with Gasteiger partial charge in [0.2, 0.25) is 0 Å². The van der Waals surface area contributed by atoms with Crippen LogP contribution in [0, 0.1) is 5.92 Å². The normalized spacial score (nSPS) is 10.5. The number of para-hydroxylation sites is 1. The highest BCUT2D eigenvalue weighted by molar-refractivity contribution is 8.13. The van der Waals surface area contributed by atoms with Gasteiger partial charge in [-0.25, -0.2) is 0 Å². The van der Waals surface area contributed by atoms with E-state index in [0.717, 1.165) is 11.8 Å². The Morgan fingerprint density at radius 3 is 2.54 bits per heavy atom. The molecule has 0 saturated carbocycles. The maximum atomic E-state index is 12.6. The van der Waals surface area contributed by atoms with E-state index >= 15 is 0 Å². The SMILES string of the molecule is CC(C)COc1cccc(C(=O)Nc2ccccc2SC(=O)N(C)C)c1. The van der Waals surface area contributed by atoms with Crippen LogP contribution < -0.4 is 10.1 Å². The van der Waals surface area contributed by atoms with E-state index in [1.807, 2.05) is 24.3 Å². The van der Waals surface area contributed by atoms with Gasteiger partial charge in [0.15, 0.2) is 0 Å². The summed E-state index contributed by atoms with van der Waals surface area (Å²) in [7, 11) is 3.39. The summed E-state index contributed by atoms with van der Waals surface area (Å²) >= 11 is 1.08. The van der Waals surface area contributed by atoms with Crippen molar-refractivity contribution < 1.29 is 14.3 Å². The van der Waals surface area contributed by atoms with Crippen molar-refractivity contribution in [1.82, 2.24) is 4.90 Å². The van der Waals surface area contributed by atoms with Gasteiger partial charge >= 0.3 is 0 Å². The van der Waals surface area contributed by atoms with Crippen LogP contribution in [-0.4, -0.2) is 36.7 Å². The smallest absolute Gasteiger partial charge is 0.286 e. The fourth-order valence-electron chi connectivity index (χ4n) is 2.03. The maximum absolute atomic E-state index is 12.6. The number of carbonyl (C=O) groups excluding carboxylic acids is 2. The zero-order chi connectivity index (χ0) is 19.1. The van der Waals surface area contributed by atoms with Gasteiger partial charge in [0.25, 0.3) is 11.1 Å². The number of nitrogens with one attached hydrogen (secondary N) is 1. The molecule has 5 nitrogen and oxygen atoms in total. The molecule has 1 N–H and O–H groups in total. The number of rotatable bonds is 6. The van der Waals surface area contributed by atoms with Gasteiger partial charge in [-0.05, 0) is 48.0 Å². The number of amides is 2. The largest absolute Gasteiger partial charge is 0.493 e. The van der Waals surface area contributed by atoms with Crippen LogP contribution in [0.3, 0.4) is 0 Å². The molecule has 0 aliphatic heterocycles. The molecule has 2 aromatic rings. The van der Waals surface area contributed by atoms with Crippen LogP contribution >= 0.6 is 11.8 Å². The summed E-state index contributed by atoms with van der Waals surface area (Å²) < 4.78 is 5.68. The van der Waals surface area contributed by atoms with E-state index in [4.69, 9.17) is 4.74 Å². The first-order valence-electron chi connectivity index (χ1n) is 8.39. The van der Waals surface area contributed by atoms with Crippen LogP contribution in [0.15, 0.2) is 53.4 Å². The molecular formula is C20H24N2O3S. The lowest BCUT2D eigenvalue weighted by atomic mass is 10.2. The third kappa shape index (κ3) is 5.81. The lowest BCUT2D eigenvalue weighted by molar-refractivity contribution is 0.102. The first-order valence-corrected chi connectivity index (χ1v) is 9.21. The molecule has 0 atom stereocenters. The Kier molecular flexibility index (Phi) is 7.09. The highest BCUT2D eigenvalue weighted by Crippen LogP contribution is 2.29. The second-order valence-electron chi connectivity index (χ2n) is 6.45. The summed E-state index contributed by atoms with van der Waals surface area (Å²) in [6.07, 6.45) is 0. The zero-order valence-corrected chi connectivity index (χ0v) is 16.3. The molecule has 2 amide bonds. The van der Waals surface area contributed by atoms with Crippen molar-refractivity contribution in [3.05, 3.63) is 54.1 Å². The van der Waals surface area contributed by atoms with Gasteiger partial charge in [-0.1, -0.05) is 32.0 Å². The van der Waals surface area contributed by atoms with E-state index < -0.39 is 0 Å². The second kappa shape index (κ2) is 9.29. The molecule has 0 bridgehead atoms. The molecule has 0 heterocycles. The van der Waals surface area contributed by atoms with Crippen LogP contribution in [0.1, 0.15) is 24.2 Å². The molecule has 0 radical (unpaired) electrons. The Hall–Kier alpha value is -2.47. The molecule has 6 heteroatoms. The van der Waals surface area contributed by atoms with Crippen LogP contribution in [0.25, 0.3) is 0 Å². The van der Waals surface area contributed by atoms with Crippen LogP contribution in [-0.2, 0) is 0 Å². The number of hydrogen-bond acceptors (Lipinski definition) is 4. The summed E-state index contributed by atoms with van der Waals surface area (Å²) in [6, 6.07) is 14.3. The van der Waals surface area contributed by atoms with Crippen molar-refractivity contribution in [3.8, 4) is 5.75 Å². The van der Waals surface area contributed by atoms with Crippen molar-refractivity contribution in [2.45, 2.75) is 18.7 Å². The van der Waals surface area contributed by atoms with Crippen molar-refractivity contribution in [3.63, 3.8) is 0 Å². The number of anilines is 1. The minimum absolute atomic E-state index is 0.101. The average molecular weight is 372 g/mol. The van der Waals surface area contributed by atoms with E-state index in [2.05, 4.69) is 19.2 Å². The Morgan fingerprint density at radius 2 is 1.85 bits per heavy atom. The van der Waals surface area contributed by atoms with E-state index in [0.29, 0.717) is 34.4 Å². The molecule has 0 spiro atoms. The van der Waals surface area contributed by atoms with Crippen molar-refractivity contribution in [1.29, 1.82) is 0 Å². The summed E-state index contributed by atoms with van der Waals surface area (Å²) in [5.74, 6) is 0.827. The maximum Gasteiger partial charge on any atom is 0.286 e. The van der Waals surface area contributed by atoms with Crippen molar-refractivity contribution >= 4 is 28.6 Å². The fourth-order valence-corrected chi connectivity index (χ4v) is 2.78. The van der Waals surface area contributed by atoms with E-state index in [1.165, 1.54) is 4.90 Å². The Bertz CT molecular complexity index is 775. The van der Waals surface area contributed by atoms with Gasteiger partial charge in [0.1, 0.15) is 5.75 Å². The Balaban J connectivity index is 2.13. The molecule has 0 aromatic heterocycles. The van der Waals surface area contributed by atoms with Crippen LogP contribution in [0.2, 0.25) is 0 Å². The first-order chi connectivity index (χ1) is 12.4. The highest BCUT2D eigenvalue weighted by atomic mass is 32.2. The van der Waals surface area contributed by atoms with Crippen LogP contribution in [0.5, 0.6) is 5.75 Å². The molecule has 0 saturated heterocycles. The third-order valence-electron chi connectivity index (χ3n) is 3.38. The molecular weight excluding hydrogens is 348 g/mol. The molecule has 0 aliphatic carbocycles. The predicted octanol–water partition coefficient (Wildman–Crippen LogP) is 4.75. The molecule has 26 heavy (non-hydrogen) atoms. The number of ether oxygens (including phenoxy) is 1. The van der Waals surface area contributed by atoms with E-state index in [1.54, 1.807) is 38.4 Å². The quantitative estimate of drug-likeness (QED) is 0.744. The fraction of sp³-hybridized carbons (Fsp3) is 0.300. The average Bonchev–Trinajstić information content (AvgIpc) is 2.61. The first kappa shape index (κ1) is 19.8. The summed E-state index contributed by atoms with van der Waals surface area (Å²) in [4.78, 5) is 26.8. The molecule has 0 fully saturated rings. The standard InChI is InChI=1S/C20H24N2O3S/c1-14(2)13-25-16-9-7-8-15(12-16)19(23)21-17-10-5-6-11-18(17)26-20(24)22(3)4/h5-12,14H,13H2,1-4H3,(H,21,23). The number of carbonyl (C=O) groups is 2. The lowest BCUT2D eigenvalue weighted by Gasteiger charge is -2.13. The minimum Gasteiger partial charge on any atom is -0.493 e. The zero-order valence-electron chi connectivity index (χ0n) is 15.5. The highest BCUT2D eigenvalue weighted by Gasteiger charge is 2.14. The van der Waals surface area contributed by atoms with Crippen LogP contribution in [0.4, 0.5) is 10.5 Å². The molecule has 138 valence electrons. The van der Waals surface area contributed by atoms with E-state index in [9.17, 15) is 9.59 Å². The number of thioether (sulfide) groups is 1. The molecule has 0 unspecified atom stereocenters. The van der Waals surface area contributed by atoms with Gasteiger partial charge in [-0.2, -0.15) is 0 Å². The van der Waals surface area contributed by atoms with Gasteiger partial charge in [-0.3, -0.25) is 9.59 Å². The van der Waals surface area contributed by atoms with Gasteiger partial charge in [-0.15, -0.1) is 0 Å². The lowest BCUT2D eigenvalue weighted by Crippen LogP contribution is -2.17. The van der Waals surface area contributed by atoms with Gasteiger partial charge < -0.3 is 15.0 Å². The van der Waals surface area contributed by atoms with Crippen molar-refractivity contribution in [2.75, 3.05) is 26.0 Å². The number of nitrogens with zero attached hydrogens (tertiary/aromatic N) is 1. The molecule has 2 rings (SSSR count). The number of hydrogen-bond donors (Lipinski definition) is 1. The minimum atomic E-state index is -0.245. The summed E-state index contributed by atoms with van der Waals surface area (Å²) in [6.45, 7) is 4.73. The van der Waals surface area contributed by atoms with Gasteiger partial charge in [0.05, 0.1) is 12.3 Å². The second-order valence-corrected chi connectivity index (χ2v) is 7.44. The van der Waals surface area contributed by atoms with Crippen molar-refractivity contribution in [2.24, 2.45) is 5.92 Å². The third-order valence-corrected chi connectivity index (χ3v) is 4.49. The Morgan fingerprint density at radius 1 is 1.12 bits per heavy atom. The predicted molar refractivity (Wildman–Crippen MR) is 106 cm³/mol.